The number of ether oxygens (including phenoxy) is 3. The van der Waals surface area contributed by atoms with Gasteiger partial charge in [-0.3, -0.25) is 9.59 Å². The standard InChI is InChI=1S/C21H22N2O5/c1-14-21(25)23(16-6-2-3-7-17(16)27-14)11-10-20(24)22-12-15-13-26-18-8-4-5-9-19(18)28-15/h2-9,14-15H,10-13H2,1H3,(H,22,24)/t14-,15-/m1/s1. The number of carbonyl (C=O) groups excluding carboxylic acids is 2. The number of nitrogens with zero attached hydrogens (tertiary/aromatic N) is 1. The van der Waals surface area contributed by atoms with E-state index in [0.717, 1.165) is 0 Å². The largest absolute Gasteiger partial charge is 0.486 e. The summed E-state index contributed by atoms with van der Waals surface area (Å²) < 4.78 is 17.1. The number of amides is 2. The van der Waals surface area contributed by atoms with Crippen molar-refractivity contribution in [1.29, 1.82) is 0 Å². The smallest absolute Gasteiger partial charge is 0.267 e. The van der Waals surface area contributed by atoms with Gasteiger partial charge in [-0.25, -0.2) is 0 Å². The van der Waals surface area contributed by atoms with Gasteiger partial charge in [0.15, 0.2) is 17.6 Å². The van der Waals surface area contributed by atoms with Crippen LogP contribution in [0.15, 0.2) is 48.5 Å². The van der Waals surface area contributed by atoms with Gasteiger partial charge >= 0.3 is 0 Å². The topological polar surface area (TPSA) is 77.1 Å². The molecule has 0 aromatic heterocycles. The fraction of sp³-hybridized carbons (Fsp3) is 0.333. The van der Waals surface area contributed by atoms with E-state index in [9.17, 15) is 9.59 Å². The quantitative estimate of drug-likeness (QED) is 0.857. The molecule has 0 unspecified atom stereocenters. The minimum Gasteiger partial charge on any atom is -0.486 e. The van der Waals surface area contributed by atoms with Gasteiger partial charge in [0.1, 0.15) is 18.5 Å². The zero-order valence-corrected chi connectivity index (χ0v) is 15.6. The molecule has 2 heterocycles. The number of fused-ring (bicyclic) bond motifs is 2. The van der Waals surface area contributed by atoms with Crippen molar-refractivity contribution in [3.05, 3.63) is 48.5 Å². The van der Waals surface area contributed by atoms with Crippen LogP contribution in [0.2, 0.25) is 0 Å². The molecule has 7 heteroatoms. The highest BCUT2D eigenvalue weighted by atomic mass is 16.6. The van der Waals surface area contributed by atoms with Gasteiger partial charge < -0.3 is 24.4 Å². The van der Waals surface area contributed by atoms with Gasteiger partial charge in [-0.05, 0) is 31.2 Å². The molecular weight excluding hydrogens is 360 g/mol. The third kappa shape index (κ3) is 3.74. The first-order chi connectivity index (χ1) is 13.6. The minimum absolute atomic E-state index is 0.146. The van der Waals surface area contributed by atoms with Crippen molar-refractivity contribution in [1.82, 2.24) is 5.32 Å². The summed E-state index contributed by atoms with van der Waals surface area (Å²) in [6.07, 6.45) is -0.618. The van der Waals surface area contributed by atoms with Crippen molar-refractivity contribution in [2.45, 2.75) is 25.6 Å². The second-order valence-electron chi connectivity index (χ2n) is 6.77. The number of para-hydroxylation sites is 4. The third-order valence-electron chi connectivity index (χ3n) is 4.73. The molecule has 1 N–H and O–H groups in total. The Hall–Kier alpha value is -3.22. The zero-order valence-electron chi connectivity index (χ0n) is 15.6. The lowest BCUT2D eigenvalue weighted by atomic mass is 10.1. The Balaban J connectivity index is 1.30. The van der Waals surface area contributed by atoms with Gasteiger partial charge in [-0.1, -0.05) is 24.3 Å². The Morgan fingerprint density at radius 2 is 1.79 bits per heavy atom. The maximum absolute atomic E-state index is 12.5. The van der Waals surface area contributed by atoms with Gasteiger partial charge in [-0.2, -0.15) is 0 Å². The summed E-state index contributed by atoms with van der Waals surface area (Å²) in [6, 6.07) is 14.8. The number of benzene rings is 2. The molecule has 0 fully saturated rings. The van der Waals surface area contributed by atoms with E-state index in [1.165, 1.54) is 0 Å². The molecule has 2 amide bonds. The molecule has 2 aliphatic heterocycles. The van der Waals surface area contributed by atoms with E-state index in [1.54, 1.807) is 11.8 Å². The van der Waals surface area contributed by atoms with Gasteiger partial charge in [0.25, 0.3) is 5.91 Å². The molecule has 0 saturated carbocycles. The molecule has 2 aliphatic rings. The maximum Gasteiger partial charge on any atom is 0.267 e. The Bertz CT molecular complexity index is 885. The molecule has 0 radical (unpaired) electrons. The predicted octanol–water partition coefficient (Wildman–Crippen LogP) is 2.15. The summed E-state index contributed by atoms with van der Waals surface area (Å²) in [4.78, 5) is 26.4. The van der Waals surface area contributed by atoms with E-state index < -0.39 is 6.10 Å². The Kier molecular flexibility index (Phi) is 5.06. The van der Waals surface area contributed by atoms with Crippen molar-refractivity contribution in [3.63, 3.8) is 0 Å². The molecule has 0 saturated heterocycles. The molecule has 0 aliphatic carbocycles. The summed E-state index contributed by atoms with van der Waals surface area (Å²) in [6.45, 7) is 2.73. The second-order valence-corrected chi connectivity index (χ2v) is 6.77. The van der Waals surface area contributed by atoms with Gasteiger partial charge in [0.05, 0.1) is 12.2 Å². The Labute approximate surface area is 163 Å². The zero-order chi connectivity index (χ0) is 19.5. The molecule has 2 aromatic carbocycles. The van der Waals surface area contributed by atoms with Crippen LogP contribution in [0.1, 0.15) is 13.3 Å². The summed E-state index contributed by atoms with van der Waals surface area (Å²) in [7, 11) is 0. The first-order valence-electron chi connectivity index (χ1n) is 9.34. The number of hydrogen-bond donors (Lipinski definition) is 1. The second kappa shape index (κ2) is 7.80. The number of rotatable bonds is 5. The molecule has 7 nitrogen and oxygen atoms in total. The molecule has 2 atom stereocenters. The normalized spacial score (nSPS) is 20.2. The first-order valence-corrected chi connectivity index (χ1v) is 9.34. The van der Waals surface area contributed by atoms with E-state index in [-0.39, 0.29) is 24.3 Å². The van der Waals surface area contributed by atoms with E-state index in [4.69, 9.17) is 14.2 Å². The van der Waals surface area contributed by atoms with Crippen LogP contribution in [0.3, 0.4) is 0 Å². The molecule has 0 spiro atoms. The van der Waals surface area contributed by atoms with Crippen LogP contribution in [-0.2, 0) is 9.59 Å². The molecule has 4 rings (SSSR count). The van der Waals surface area contributed by atoms with Crippen LogP contribution >= 0.6 is 0 Å². The van der Waals surface area contributed by atoms with Crippen molar-refractivity contribution < 1.29 is 23.8 Å². The van der Waals surface area contributed by atoms with Gasteiger partial charge in [0.2, 0.25) is 5.91 Å². The Morgan fingerprint density at radius 1 is 1.07 bits per heavy atom. The number of carbonyl (C=O) groups is 2. The number of nitrogens with one attached hydrogen (secondary N) is 1. The summed E-state index contributed by atoms with van der Waals surface area (Å²) in [5.74, 6) is 1.75. The monoisotopic (exact) mass is 382 g/mol. The summed E-state index contributed by atoms with van der Waals surface area (Å²) >= 11 is 0. The van der Waals surface area contributed by atoms with Gasteiger partial charge in [0, 0.05) is 13.0 Å². The van der Waals surface area contributed by atoms with E-state index in [1.807, 2.05) is 48.5 Å². The van der Waals surface area contributed by atoms with Crippen LogP contribution in [0, 0.1) is 0 Å². The molecule has 146 valence electrons. The maximum atomic E-state index is 12.5. The van der Waals surface area contributed by atoms with E-state index in [0.29, 0.717) is 42.6 Å². The average molecular weight is 382 g/mol. The van der Waals surface area contributed by atoms with Crippen molar-refractivity contribution >= 4 is 17.5 Å². The minimum atomic E-state index is -0.564. The SMILES string of the molecule is C[C@H]1Oc2ccccc2N(CCC(=O)NC[C@@H]2COc3ccccc3O2)C1=O. The molecular formula is C21H22N2O5. The third-order valence-corrected chi connectivity index (χ3v) is 4.73. The first kappa shape index (κ1) is 18.2. The van der Waals surface area contributed by atoms with Crippen LogP contribution in [0.4, 0.5) is 5.69 Å². The highest BCUT2D eigenvalue weighted by Gasteiger charge is 2.31. The van der Waals surface area contributed by atoms with Crippen molar-refractivity contribution in [2.24, 2.45) is 0 Å². The van der Waals surface area contributed by atoms with Crippen molar-refractivity contribution in [3.8, 4) is 17.2 Å². The fourth-order valence-corrected chi connectivity index (χ4v) is 3.28. The lowest BCUT2D eigenvalue weighted by Gasteiger charge is -2.32. The number of hydrogen-bond acceptors (Lipinski definition) is 5. The Morgan fingerprint density at radius 3 is 2.61 bits per heavy atom. The van der Waals surface area contributed by atoms with Crippen LogP contribution < -0.4 is 24.4 Å². The number of anilines is 1. The highest BCUT2D eigenvalue weighted by molar-refractivity contribution is 6.00. The highest BCUT2D eigenvalue weighted by Crippen LogP contribution is 2.33. The lowest BCUT2D eigenvalue weighted by molar-refractivity contribution is -0.125. The molecule has 0 bridgehead atoms. The van der Waals surface area contributed by atoms with Crippen LogP contribution in [0.25, 0.3) is 0 Å². The van der Waals surface area contributed by atoms with Crippen molar-refractivity contribution in [2.75, 3.05) is 24.6 Å². The van der Waals surface area contributed by atoms with Crippen LogP contribution in [-0.4, -0.2) is 43.7 Å². The summed E-state index contributed by atoms with van der Waals surface area (Å²) in [5, 5.41) is 2.86. The lowest BCUT2D eigenvalue weighted by Crippen LogP contribution is -2.46. The fourth-order valence-electron chi connectivity index (χ4n) is 3.28. The van der Waals surface area contributed by atoms with Gasteiger partial charge in [-0.15, -0.1) is 0 Å². The molecule has 2 aromatic rings. The average Bonchev–Trinajstić information content (AvgIpc) is 2.72. The summed E-state index contributed by atoms with van der Waals surface area (Å²) in [5.41, 5.74) is 0.694. The predicted molar refractivity (Wildman–Crippen MR) is 103 cm³/mol. The van der Waals surface area contributed by atoms with Crippen LogP contribution in [0.5, 0.6) is 17.2 Å². The van der Waals surface area contributed by atoms with E-state index in [2.05, 4.69) is 5.32 Å². The van der Waals surface area contributed by atoms with E-state index >= 15 is 0 Å². The molecule has 28 heavy (non-hydrogen) atoms.